The van der Waals surface area contributed by atoms with Crippen molar-refractivity contribution in [2.75, 3.05) is 12.0 Å². The van der Waals surface area contributed by atoms with Crippen LogP contribution in [0.2, 0.25) is 0 Å². The molecule has 2 heterocycles. The monoisotopic (exact) mass is 332 g/mol. The molecule has 0 bridgehead atoms. The number of anilines is 1. The lowest BCUT2D eigenvalue weighted by Crippen LogP contribution is -2.00. The van der Waals surface area contributed by atoms with Crippen LogP contribution in [0.3, 0.4) is 0 Å². The van der Waals surface area contributed by atoms with Crippen molar-refractivity contribution >= 4 is 28.5 Å². The number of fused-ring (bicyclic) bond motifs is 3. The topological polar surface area (TPSA) is 76.7 Å². The van der Waals surface area contributed by atoms with Crippen molar-refractivity contribution in [1.29, 1.82) is 0 Å². The van der Waals surface area contributed by atoms with Crippen LogP contribution in [0.15, 0.2) is 60.0 Å². The number of hydrogen-bond donors (Lipinski definition) is 1. The fourth-order valence-electron chi connectivity index (χ4n) is 2.59. The molecular weight excluding hydrogens is 316 g/mol. The molecule has 4 rings (SSSR count). The number of hydrogen-bond acceptors (Lipinski definition) is 6. The summed E-state index contributed by atoms with van der Waals surface area (Å²) in [5.74, 6) is 1.49. The van der Waals surface area contributed by atoms with Gasteiger partial charge < -0.3 is 4.74 Å². The Bertz CT molecular complexity index is 1040. The van der Waals surface area contributed by atoms with E-state index in [-0.39, 0.29) is 0 Å². The van der Waals surface area contributed by atoms with Gasteiger partial charge in [0.2, 0.25) is 0 Å². The molecule has 0 aliphatic heterocycles. The van der Waals surface area contributed by atoms with Gasteiger partial charge in [-0.3, -0.25) is 5.43 Å². The Labute approximate surface area is 144 Å². The summed E-state index contributed by atoms with van der Waals surface area (Å²) < 4.78 is 7.07. The smallest absolute Gasteiger partial charge is 0.185 e. The summed E-state index contributed by atoms with van der Waals surface area (Å²) in [5.41, 5.74) is 4.69. The zero-order valence-corrected chi connectivity index (χ0v) is 13.6. The van der Waals surface area contributed by atoms with E-state index in [0.29, 0.717) is 12.4 Å². The number of nitrogens with zero attached hydrogens (tertiary/aromatic N) is 5. The van der Waals surface area contributed by atoms with Crippen LogP contribution in [0.25, 0.3) is 16.4 Å². The molecule has 124 valence electrons. The van der Waals surface area contributed by atoms with Crippen LogP contribution in [0.5, 0.6) is 5.75 Å². The fourth-order valence-corrected chi connectivity index (χ4v) is 2.59. The molecule has 25 heavy (non-hydrogen) atoms. The predicted molar refractivity (Wildman–Crippen MR) is 97.1 cm³/mol. The molecule has 4 aromatic rings. The molecule has 0 radical (unpaired) electrons. The Morgan fingerprint density at radius 2 is 1.92 bits per heavy atom. The first-order valence-corrected chi connectivity index (χ1v) is 7.96. The molecular formula is C18H16N6O. The molecule has 0 amide bonds. The molecule has 0 saturated heterocycles. The quantitative estimate of drug-likeness (QED) is 0.449. The largest absolute Gasteiger partial charge is 0.494 e. The third-order valence-electron chi connectivity index (χ3n) is 3.74. The summed E-state index contributed by atoms with van der Waals surface area (Å²) in [5, 5.41) is 18.7. The van der Waals surface area contributed by atoms with Crippen LogP contribution in [0, 0.1) is 0 Å². The lowest BCUT2D eigenvalue weighted by atomic mass is 10.2. The fraction of sp³-hybridized carbons (Fsp3) is 0.111. The van der Waals surface area contributed by atoms with E-state index in [2.05, 4.69) is 25.8 Å². The Balaban J connectivity index is 1.61. The van der Waals surface area contributed by atoms with Gasteiger partial charge in [0.15, 0.2) is 11.5 Å². The van der Waals surface area contributed by atoms with Gasteiger partial charge in [-0.25, -0.2) is 0 Å². The summed E-state index contributed by atoms with van der Waals surface area (Å²) in [4.78, 5) is 0. The third-order valence-corrected chi connectivity index (χ3v) is 3.74. The molecule has 1 N–H and O–H groups in total. The highest BCUT2D eigenvalue weighted by Crippen LogP contribution is 2.23. The van der Waals surface area contributed by atoms with Crippen LogP contribution in [-0.2, 0) is 0 Å². The van der Waals surface area contributed by atoms with E-state index in [1.54, 1.807) is 17.1 Å². The molecule has 0 unspecified atom stereocenters. The van der Waals surface area contributed by atoms with Gasteiger partial charge in [-0.05, 0) is 36.8 Å². The lowest BCUT2D eigenvalue weighted by molar-refractivity contribution is 0.340. The second-order valence-corrected chi connectivity index (χ2v) is 5.37. The predicted octanol–water partition coefficient (Wildman–Crippen LogP) is 3.12. The first-order chi connectivity index (χ1) is 12.3. The van der Waals surface area contributed by atoms with Crippen LogP contribution >= 0.6 is 0 Å². The molecule has 7 nitrogen and oxygen atoms in total. The second-order valence-electron chi connectivity index (χ2n) is 5.37. The summed E-state index contributed by atoms with van der Waals surface area (Å²) in [6, 6.07) is 15.6. The minimum absolute atomic E-state index is 0.644. The highest BCUT2D eigenvalue weighted by Gasteiger charge is 2.08. The first kappa shape index (κ1) is 15.1. The second kappa shape index (κ2) is 6.56. The molecule has 2 aromatic heterocycles. The average molecular weight is 332 g/mol. The van der Waals surface area contributed by atoms with Gasteiger partial charge in [0.05, 0.1) is 12.8 Å². The normalized spacial score (nSPS) is 11.4. The van der Waals surface area contributed by atoms with E-state index < -0.39 is 0 Å². The lowest BCUT2D eigenvalue weighted by Gasteiger charge is -2.06. The number of nitrogens with one attached hydrogen (secondary N) is 1. The molecule has 0 atom stereocenters. The van der Waals surface area contributed by atoms with E-state index in [4.69, 9.17) is 4.74 Å². The number of hydrazone groups is 1. The molecule has 0 fully saturated rings. The van der Waals surface area contributed by atoms with Crippen LogP contribution in [0.4, 0.5) is 5.82 Å². The molecule has 0 spiro atoms. The minimum Gasteiger partial charge on any atom is -0.494 e. The minimum atomic E-state index is 0.644. The van der Waals surface area contributed by atoms with Gasteiger partial charge in [0, 0.05) is 10.8 Å². The number of rotatable bonds is 5. The molecule has 2 aromatic carbocycles. The zero-order valence-electron chi connectivity index (χ0n) is 13.6. The molecule has 7 heteroatoms. The Hall–Kier alpha value is -3.48. The van der Waals surface area contributed by atoms with Crippen LogP contribution in [-0.4, -0.2) is 32.6 Å². The van der Waals surface area contributed by atoms with Crippen molar-refractivity contribution in [3.8, 4) is 5.75 Å². The van der Waals surface area contributed by atoms with Crippen molar-refractivity contribution in [1.82, 2.24) is 19.8 Å². The molecule has 0 aliphatic carbocycles. The maximum absolute atomic E-state index is 5.43. The summed E-state index contributed by atoms with van der Waals surface area (Å²) >= 11 is 0. The summed E-state index contributed by atoms with van der Waals surface area (Å²) in [6.07, 6.45) is 3.31. The summed E-state index contributed by atoms with van der Waals surface area (Å²) in [7, 11) is 0. The van der Waals surface area contributed by atoms with Crippen molar-refractivity contribution in [3.05, 3.63) is 60.4 Å². The van der Waals surface area contributed by atoms with Gasteiger partial charge in [-0.15, -0.1) is 15.3 Å². The average Bonchev–Trinajstić information content (AvgIpc) is 3.12. The first-order valence-electron chi connectivity index (χ1n) is 7.96. The van der Waals surface area contributed by atoms with Crippen LogP contribution < -0.4 is 10.2 Å². The molecule has 0 aliphatic rings. The highest BCUT2D eigenvalue weighted by molar-refractivity contribution is 5.99. The van der Waals surface area contributed by atoms with E-state index in [9.17, 15) is 0 Å². The Morgan fingerprint density at radius 1 is 1.12 bits per heavy atom. The Morgan fingerprint density at radius 3 is 2.72 bits per heavy atom. The number of aromatic nitrogens is 4. The third kappa shape index (κ3) is 2.99. The van der Waals surface area contributed by atoms with E-state index >= 15 is 0 Å². The van der Waals surface area contributed by atoms with Crippen molar-refractivity contribution in [2.24, 2.45) is 5.10 Å². The maximum Gasteiger partial charge on any atom is 0.185 e. The highest BCUT2D eigenvalue weighted by atomic mass is 16.5. The van der Waals surface area contributed by atoms with Gasteiger partial charge >= 0.3 is 0 Å². The van der Waals surface area contributed by atoms with E-state index in [1.165, 1.54) is 0 Å². The van der Waals surface area contributed by atoms with E-state index in [0.717, 1.165) is 27.7 Å². The van der Waals surface area contributed by atoms with Crippen LogP contribution in [0.1, 0.15) is 12.5 Å². The van der Waals surface area contributed by atoms with Crippen molar-refractivity contribution < 1.29 is 4.74 Å². The summed E-state index contributed by atoms with van der Waals surface area (Å²) in [6.45, 7) is 2.61. The number of ether oxygens (including phenoxy) is 1. The van der Waals surface area contributed by atoms with Crippen molar-refractivity contribution in [3.63, 3.8) is 0 Å². The van der Waals surface area contributed by atoms with Gasteiger partial charge in [0.1, 0.15) is 12.1 Å². The van der Waals surface area contributed by atoms with Gasteiger partial charge in [0.25, 0.3) is 0 Å². The van der Waals surface area contributed by atoms with Gasteiger partial charge in [-0.2, -0.15) is 9.62 Å². The van der Waals surface area contributed by atoms with Crippen molar-refractivity contribution in [2.45, 2.75) is 6.92 Å². The number of benzene rings is 2. The Kier molecular flexibility index (Phi) is 3.96. The van der Waals surface area contributed by atoms with Gasteiger partial charge in [-0.1, -0.05) is 24.3 Å². The van der Waals surface area contributed by atoms with E-state index in [1.807, 2.05) is 55.5 Å². The molecule has 0 saturated carbocycles. The SMILES string of the molecule is CCOc1ccc(C=NNc2nn3cnnc3c3ccccc23)cc1. The maximum atomic E-state index is 5.43. The standard InChI is InChI=1S/C18H16N6O/c1-2-25-14-9-7-13(8-10-14)11-19-21-17-15-5-3-4-6-16(15)18-22-20-12-24(18)23-17/h3-12H,2H2,1H3,(H,21,23). The zero-order chi connectivity index (χ0) is 17.1.